The summed E-state index contributed by atoms with van der Waals surface area (Å²) in [4.78, 5) is 40.9. The molecule has 0 saturated heterocycles. The number of carbonyl (C=O) groups excluding carboxylic acids is 3. The molecule has 0 spiro atoms. The number of anilines is 1. The van der Waals surface area contributed by atoms with E-state index < -0.39 is 24.0 Å². The Morgan fingerprint density at radius 2 is 1.63 bits per heavy atom. The highest BCUT2D eigenvalue weighted by Crippen LogP contribution is 2.34. The second-order valence-corrected chi connectivity index (χ2v) is 11.6. The van der Waals surface area contributed by atoms with E-state index in [9.17, 15) is 24.8 Å². The number of nitrogens with zero attached hydrogens (tertiary/aromatic N) is 2. The van der Waals surface area contributed by atoms with Crippen LogP contribution in [0.25, 0.3) is 6.08 Å². The fraction of sp³-hybridized carbons (Fsp3) is 0.471. The Kier molecular flexibility index (Phi) is 14.1. The van der Waals surface area contributed by atoms with Crippen LogP contribution in [0.15, 0.2) is 54.6 Å². The molecular weight excluding hydrogens is 544 g/mol. The van der Waals surface area contributed by atoms with Gasteiger partial charge in [0.25, 0.3) is 0 Å². The number of hydrogen-bond acceptors (Lipinski definition) is 7. The first-order valence-electron chi connectivity index (χ1n) is 14.6. The maximum atomic E-state index is 13.1. The molecular formula is C34H46N4O5. The molecule has 2 amide bonds. The molecule has 232 valence electrons. The Hall–Kier alpha value is -4.00. The van der Waals surface area contributed by atoms with Gasteiger partial charge in [-0.2, -0.15) is 5.26 Å². The average molecular weight is 591 g/mol. The highest BCUT2D eigenvalue weighted by molar-refractivity contribution is 6.06. The zero-order valence-corrected chi connectivity index (χ0v) is 26.2. The summed E-state index contributed by atoms with van der Waals surface area (Å²) in [6.07, 6.45) is 4.98. The molecule has 3 N–H and O–H groups in total. The number of hydrogen-bond donors (Lipinski definition) is 3. The van der Waals surface area contributed by atoms with E-state index in [1.165, 1.54) is 7.11 Å². The molecule has 9 heteroatoms. The van der Waals surface area contributed by atoms with Crippen LogP contribution >= 0.6 is 0 Å². The number of nitriles is 1. The fourth-order valence-electron chi connectivity index (χ4n) is 5.06. The lowest BCUT2D eigenvalue weighted by molar-refractivity contribution is -0.130. The van der Waals surface area contributed by atoms with Crippen molar-refractivity contribution in [2.75, 3.05) is 39.6 Å². The van der Waals surface area contributed by atoms with Crippen LogP contribution in [0.4, 0.5) is 5.69 Å². The predicted octanol–water partition coefficient (Wildman–Crippen LogP) is 4.88. The molecule has 0 aliphatic carbocycles. The van der Waals surface area contributed by atoms with Crippen LogP contribution in [0.1, 0.15) is 73.9 Å². The summed E-state index contributed by atoms with van der Waals surface area (Å²) in [5.74, 6) is -1.98. The number of allylic oxidation sites excluding steroid dienone is 1. The molecule has 43 heavy (non-hydrogen) atoms. The van der Waals surface area contributed by atoms with E-state index in [4.69, 9.17) is 4.74 Å². The van der Waals surface area contributed by atoms with Crippen molar-refractivity contribution >= 4 is 29.4 Å². The van der Waals surface area contributed by atoms with E-state index in [0.29, 0.717) is 12.0 Å². The summed E-state index contributed by atoms with van der Waals surface area (Å²) in [5.41, 5.74) is 2.77. The molecule has 0 radical (unpaired) electrons. The molecule has 2 aromatic rings. The Morgan fingerprint density at radius 1 is 1.00 bits per heavy atom. The van der Waals surface area contributed by atoms with Crippen molar-refractivity contribution in [2.45, 2.75) is 52.4 Å². The van der Waals surface area contributed by atoms with Gasteiger partial charge in [-0.25, -0.2) is 0 Å². The molecule has 0 aromatic heterocycles. The highest BCUT2D eigenvalue weighted by atomic mass is 16.5. The number of rotatable bonds is 17. The van der Waals surface area contributed by atoms with Gasteiger partial charge in [-0.3, -0.25) is 14.4 Å². The molecule has 9 nitrogen and oxygen atoms in total. The third kappa shape index (κ3) is 11.3. The predicted molar refractivity (Wildman–Crippen MR) is 169 cm³/mol. The Balaban J connectivity index is 2.22. The molecule has 2 aromatic carbocycles. The maximum Gasteiger partial charge on any atom is 0.224 e. The number of amides is 2. The van der Waals surface area contributed by atoms with E-state index in [0.717, 1.165) is 23.2 Å². The van der Waals surface area contributed by atoms with Gasteiger partial charge in [-0.1, -0.05) is 49.4 Å². The van der Waals surface area contributed by atoms with Crippen LogP contribution in [0.2, 0.25) is 0 Å². The van der Waals surface area contributed by atoms with Crippen LogP contribution in [-0.4, -0.2) is 57.4 Å². The molecule has 0 aliphatic heterocycles. The lowest BCUT2D eigenvalue weighted by atomic mass is 9.76. The SMILES string of the molecule is CCC(CC(CC(CC(C)(C)C#N)C(=O)NCOC)C(=O)NCO)c1ccc(C(=O)C=Cc2ccc(N(C)C)cc2)cc1. The van der Waals surface area contributed by atoms with Gasteiger partial charge in [0.2, 0.25) is 11.8 Å². The van der Waals surface area contributed by atoms with Crippen molar-refractivity contribution in [1.82, 2.24) is 10.6 Å². The molecule has 0 bridgehead atoms. The normalized spacial score (nSPS) is 13.5. The van der Waals surface area contributed by atoms with Gasteiger partial charge >= 0.3 is 0 Å². The Bertz CT molecular complexity index is 1260. The highest BCUT2D eigenvalue weighted by Gasteiger charge is 2.33. The third-order valence-electron chi connectivity index (χ3n) is 7.58. The lowest BCUT2D eigenvalue weighted by Gasteiger charge is -2.28. The Morgan fingerprint density at radius 3 is 2.16 bits per heavy atom. The molecule has 0 saturated carbocycles. The molecule has 3 atom stereocenters. The quantitative estimate of drug-likeness (QED) is 0.136. The monoisotopic (exact) mass is 590 g/mol. The number of ether oxygens (including phenoxy) is 1. The number of nitrogens with one attached hydrogen (secondary N) is 2. The molecule has 2 rings (SSSR count). The van der Waals surface area contributed by atoms with Gasteiger partial charge in [-0.15, -0.1) is 0 Å². The summed E-state index contributed by atoms with van der Waals surface area (Å²) >= 11 is 0. The van der Waals surface area contributed by atoms with Gasteiger partial charge in [-0.05, 0) is 74.8 Å². The average Bonchev–Trinajstić information content (AvgIpc) is 3.00. The Labute approximate surface area is 255 Å². The fourth-order valence-corrected chi connectivity index (χ4v) is 5.06. The smallest absolute Gasteiger partial charge is 0.224 e. The second-order valence-electron chi connectivity index (χ2n) is 11.6. The van der Waals surface area contributed by atoms with E-state index in [2.05, 4.69) is 16.7 Å². The standard InChI is InChI=1S/C34H46N4O5/c1-7-25(18-28(32(41)36-22-39)19-29(20-34(2,3)21-35)33(42)37-23-43-6)26-11-13-27(14-12-26)31(40)17-10-24-8-15-30(16-9-24)38(4)5/h8-17,25,28-29,39H,7,18-20,22-23H2,1-6H3,(H,36,41)(H,37,42). The molecule has 0 aliphatic rings. The van der Waals surface area contributed by atoms with Crippen molar-refractivity contribution in [2.24, 2.45) is 17.3 Å². The first-order valence-corrected chi connectivity index (χ1v) is 14.6. The molecule has 0 fully saturated rings. The van der Waals surface area contributed by atoms with Gasteiger partial charge in [0.1, 0.15) is 13.5 Å². The van der Waals surface area contributed by atoms with E-state index in [1.54, 1.807) is 38.1 Å². The summed E-state index contributed by atoms with van der Waals surface area (Å²) < 4.78 is 4.99. The summed E-state index contributed by atoms with van der Waals surface area (Å²) in [7, 11) is 5.42. The van der Waals surface area contributed by atoms with Crippen LogP contribution in [0.5, 0.6) is 0 Å². The largest absolute Gasteiger partial charge is 0.378 e. The van der Waals surface area contributed by atoms with Gasteiger partial charge in [0, 0.05) is 44.3 Å². The van der Waals surface area contributed by atoms with Crippen molar-refractivity contribution in [3.63, 3.8) is 0 Å². The summed E-state index contributed by atoms with van der Waals surface area (Å²) in [6, 6.07) is 17.6. The third-order valence-corrected chi connectivity index (χ3v) is 7.58. The second kappa shape index (κ2) is 17.2. The minimum Gasteiger partial charge on any atom is -0.378 e. The minimum atomic E-state index is -0.774. The van der Waals surface area contributed by atoms with Crippen molar-refractivity contribution in [3.05, 3.63) is 71.3 Å². The lowest BCUT2D eigenvalue weighted by Crippen LogP contribution is -2.39. The van der Waals surface area contributed by atoms with E-state index in [-0.39, 0.29) is 43.1 Å². The number of aliphatic hydroxyl groups is 1. The van der Waals surface area contributed by atoms with E-state index in [1.807, 2.05) is 62.3 Å². The van der Waals surface area contributed by atoms with Crippen LogP contribution in [-0.2, 0) is 14.3 Å². The summed E-state index contributed by atoms with van der Waals surface area (Å²) in [5, 5.41) is 24.2. The minimum absolute atomic E-state index is 0.0242. The first kappa shape index (κ1) is 35.2. The summed E-state index contributed by atoms with van der Waals surface area (Å²) in [6.45, 7) is 5.06. The van der Waals surface area contributed by atoms with Crippen molar-refractivity contribution in [3.8, 4) is 6.07 Å². The van der Waals surface area contributed by atoms with E-state index >= 15 is 0 Å². The molecule has 3 unspecified atom stereocenters. The van der Waals surface area contributed by atoms with Crippen molar-refractivity contribution in [1.29, 1.82) is 5.26 Å². The topological polar surface area (TPSA) is 132 Å². The van der Waals surface area contributed by atoms with Gasteiger partial charge < -0.3 is 25.4 Å². The van der Waals surface area contributed by atoms with Crippen LogP contribution in [0, 0.1) is 28.6 Å². The van der Waals surface area contributed by atoms with Gasteiger partial charge in [0.15, 0.2) is 5.78 Å². The van der Waals surface area contributed by atoms with Crippen LogP contribution in [0.3, 0.4) is 0 Å². The number of methoxy groups -OCH3 is 1. The van der Waals surface area contributed by atoms with Crippen molar-refractivity contribution < 1.29 is 24.2 Å². The van der Waals surface area contributed by atoms with Crippen LogP contribution < -0.4 is 15.5 Å². The maximum absolute atomic E-state index is 13.1. The van der Waals surface area contributed by atoms with Gasteiger partial charge in [0.05, 0.1) is 11.5 Å². The number of aliphatic hydroxyl groups excluding tert-OH is 1. The number of benzene rings is 2. The zero-order chi connectivity index (χ0) is 32.0. The zero-order valence-electron chi connectivity index (χ0n) is 26.2. The number of carbonyl (C=O) groups is 3. The molecule has 0 heterocycles. The number of ketones is 1. The first-order chi connectivity index (χ1) is 20.4.